The summed E-state index contributed by atoms with van der Waals surface area (Å²) in [4.78, 5) is 35.4. The molecule has 0 aliphatic rings. The zero-order valence-electron chi connectivity index (χ0n) is 13.0. The number of hydrogen-bond donors (Lipinski definition) is 2. The molecular formula is C16H19N3O4. The van der Waals surface area contributed by atoms with Gasteiger partial charge >= 0.3 is 5.97 Å². The Morgan fingerprint density at radius 1 is 1.26 bits per heavy atom. The van der Waals surface area contributed by atoms with E-state index >= 15 is 0 Å². The zero-order chi connectivity index (χ0) is 17.2. The van der Waals surface area contributed by atoms with Crippen molar-refractivity contribution in [1.82, 2.24) is 10.6 Å². The van der Waals surface area contributed by atoms with Gasteiger partial charge in [-0.2, -0.15) is 5.26 Å². The van der Waals surface area contributed by atoms with Crippen LogP contribution in [0.2, 0.25) is 0 Å². The van der Waals surface area contributed by atoms with Crippen molar-refractivity contribution < 1.29 is 19.1 Å². The van der Waals surface area contributed by atoms with Crippen LogP contribution in [0.3, 0.4) is 0 Å². The number of hydrogen-bond acceptors (Lipinski definition) is 5. The maximum absolute atomic E-state index is 11.9. The molecule has 0 aliphatic carbocycles. The van der Waals surface area contributed by atoms with Gasteiger partial charge in [0.05, 0.1) is 19.7 Å². The van der Waals surface area contributed by atoms with Crippen LogP contribution in [0.1, 0.15) is 23.7 Å². The SMILES string of the molecule is COC(=O)[C@H](NC(=O)CNC(=O)c1ccccc1)[C@@H](C)CC#N. The molecule has 0 saturated carbocycles. The van der Waals surface area contributed by atoms with E-state index in [2.05, 4.69) is 15.4 Å². The van der Waals surface area contributed by atoms with Gasteiger partial charge in [-0.25, -0.2) is 4.79 Å². The van der Waals surface area contributed by atoms with Gasteiger partial charge in [0.2, 0.25) is 5.91 Å². The van der Waals surface area contributed by atoms with E-state index in [1.807, 2.05) is 6.07 Å². The highest BCUT2D eigenvalue weighted by Crippen LogP contribution is 2.09. The number of nitrogens with one attached hydrogen (secondary N) is 2. The smallest absolute Gasteiger partial charge is 0.328 e. The number of ether oxygens (including phenoxy) is 1. The molecule has 2 atom stereocenters. The number of methoxy groups -OCH3 is 1. The number of nitrogens with zero attached hydrogens (tertiary/aromatic N) is 1. The van der Waals surface area contributed by atoms with Crippen LogP contribution < -0.4 is 10.6 Å². The molecule has 0 radical (unpaired) electrons. The normalized spacial score (nSPS) is 12.4. The van der Waals surface area contributed by atoms with E-state index in [-0.39, 0.29) is 18.9 Å². The quantitative estimate of drug-likeness (QED) is 0.717. The Balaban J connectivity index is 2.57. The lowest BCUT2D eigenvalue weighted by Crippen LogP contribution is -2.49. The van der Waals surface area contributed by atoms with Gasteiger partial charge in [0, 0.05) is 17.9 Å². The molecule has 0 aliphatic heterocycles. The van der Waals surface area contributed by atoms with E-state index < -0.39 is 23.8 Å². The topological polar surface area (TPSA) is 108 Å². The van der Waals surface area contributed by atoms with Crippen LogP contribution in [0, 0.1) is 17.2 Å². The number of carbonyl (C=O) groups excluding carboxylic acids is 3. The first-order valence-corrected chi connectivity index (χ1v) is 7.07. The molecule has 7 heteroatoms. The Labute approximate surface area is 134 Å². The Kier molecular flexibility index (Phi) is 7.27. The van der Waals surface area contributed by atoms with Crippen molar-refractivity contribution in [3.63, 3.8) is 0 Å². The van der Waals surface area contributed by atoms with Gasteiger partial charge in [-0.15, -0.1) is 0 Å². The third-order valence-corrected chi connectivity index (χ3v) is 3.20. The van der Waals surface area contributed by atoms with Crippen molar-refractivity contribution >= 4 is 17.8 Å². The maximum Gasteiger partial charge on any atom is 0.328 e. The van der Waals surface area contributed by atoms with Crippen molar-refractivity contribution in [1.29, 1.82) is 5.26 Å². The fraction of sp³-hybridized carbons (Fsp3) is 0.375. The average molecular weight is 317 g/mol. The number of esters is 1. The van der Waals surface area contributed by atoms with Gasteiger partial charge in [0.1, 0.15) is 6.04 Å². The summed E-state index contributed by atoms with van der Waals surface area (Å²) in [5.41, 5.74) is 0.433. The predicted molar refractivity (Wildman–Crippen MR) is 82.1 cm³/mol. The second kappa shape index (κ2) is 9.20. The summed E-state index contributed by atoms with van der Waals surface area (Å²) in [5, 5.41) is 13.6. The molecule has 122 valence electrons. The van der Waals surface area contributed by atoms with Gasteiger partial charge in [0.15, 0.2) is 0 Å². The van der Waals surface area contributed by atoms with E-state index in [0.717, 1.165) is 0 Å². The fourth-order valence-corrected chi connectivity index (χ4v) is 1.90. The minimum atomic E-state index is -0.930. The zero-order valence-corrected chi connectivity index (χ0v) is 13.0. The standard InChI is InChI=1S/C16H19N3O4/c1-11(8-9-17)14(16(22)23-2)19-13(20)10-18-15(21)12-6-4-3-5-7-12/h3-7,11,14H,8,10H2,1-2H3,(H,18,21)(H,19,20)/t11-,14+/m0/s1. The van der Waals surface area contributed by atoms with Gasteiger partial charge < -0.3 is 15.4 Å². The summed E-state index contributed by atoms with van der Waals surface area (Å²) < 4.78 is 4.63. The van der Waals surface area contributed by atoms with Crippen LogP contribution in [0.15, 0.2) is 30.3 Å². The van der Waals surface area contributed by atoms with Crippen LogP contribution in [-0.2, 0) is 14.3 Å². The van der Waals surface area contributed by atoms with E-state index in [1.54, 1.807) is 37.3 Å². The fourth-order valence-electron chi connectivity index (χ4n) is 1.90. The van der Waals surface area contributed by atoms with E-state index in [4.69, 9.17) is 5.26 Å². The number of nitriles is 1. The lowest BCUT2D eigenvalue weighted by atomic mass is 9.99. The first kappa shape index (κ1) is 18.2. The van der Waals surface area contributed by atoms with E-state index in [1.165, 1.54) is 7.11 Å². The highest BCUT2D eigenvalue weighted by molar-refractivity contribution is 5.96. The summed E-state index contributed by atoms with van der Waals surface area (Å²) in [6, 6.07) is 9.47. The van der Waals surface area contributed by atoms with Crippen molar-refractivity contribution in [2.24, 2.45) is 5.92 Å². The molecule has 1 rings (SSSR count). The van der Waals surface area contributed by atoms with Crippen LogP contribution in [-0.4, -0.2) is 37.5 Å². The molecule has 0 unspecified atom stereocenters. The highest BCUT2D eigenvalue weighted by atomic mass is 16.5. The number of amides is 2. The molecule has 2 amide bonds. The first-order valence-electron chi connectivity index (χ1n) is 7.07. The molecule has 1 aromatic carbocycles. The molecule has 2 N–H and O–H groups in total. The number of carbonyl (C=O) groups is 3. The molecule has 0 saturated heterocycles. The minimum absolute atomic E-state index is 0.0937. The monoisotopic (exact) mass is 317 g/mol. The van der Waals surface area contributed by atoms with Crippen LogP contribution in [0.5, 0.6) is 0 Å². The molecule has 0 aromatic heterocycles. The summed E-state index contributed by atoms with van der Waals surface area (Å²) in [6.07, 6.45) is 0.0937. The molecule has 1 aromatic rings. The average Bonchev–Trinajstić information content (AvgIpc) is 2.57. The summed E-state index contributed by atoms with van der Waals surface area (Å²) >= 11 is 0. The molecule has 0 fully saturated rings. The number of rotatable bonds is 7. The lowest BCUT2D eigenvalue weighted by molar-refractivity contribution is -0.146. The Bertz CT molecular complexity index is 595. The molecule has 0 spiro atoms. The van der Waals surface area contributed by atoms with E-state index in [0.29, 0.717) is 5.56 Å². The van der Waals surface area contributed by atoms with Crippen LogP contribution in [0.4, 0.5) is 0 Å². The summed E-state index contributed by atoms with van der Waals surface area (Å²) in [7, 11) is 1.21. The van der Waals surface area contributed by atoms with Crippen LogP contribution >= 0.6 is 0 Å². The van der Waals surface area contributed by atoms with Crippen LogP contribution in [0.25, 0.3) is 0 Å². The van der Waals surface area contributed by atoms with Gasteiger partial charge in [-0.1, -0.05) is 25.1 Å². The predicted octanol–water partition coefficient (Wildman–Crippen LogP) is 0.624. The maximum atomic E-state index is 11.9. The lowest BCUT2D eigenvalue weighted by Gasteiger charge is -2.21. The molecule has 23 heavy (non-hydrogen) atoms. The van der Waals surface area contributed by atoms with Crippen molar-refractivity contribution in [2.75, 3.05) is 13.7 Å². The van der Waals surface area contributed by atoms with Crippen molar-refractivity contribution in [3.8, 4) is 6.07 Å². The highest BCUT2D eigenvalue weighted by Gasteiger charge is 2.27. The van der Waals surface area contributed by atoms with Gasteiger partial charge in [0.25, 0.3) is 5.91 Å². The Hall–Kier alpha value is -2.88. The third kappa shape index (κ3) is 5.79. The van der Waals surface area contributed by atoms with Crippen molar-refractivity contribution in [2.45, 2.75) is 19.4 Å². The second-order valence-electron chi connectivity index (χ2n) is 4.96. The second-order valence-corrected chi connectivity index (χ2v) is 4.96. The van der Waals surface area contributed by atoms with Gasteiger partial charge in [-0.3, -0.25) is 9.59 Å². The largest absolute Gasteiger partial charge is 0.467 e. The molecule has 7 nitrogen and oxygen atoms in total. The summed E-state index contributed by atoms with van der Waals surface area (Å²) in [6.45, 7) is 1.38. The van der Waals surface area contributed by atoms with E-state index in [9.17, 15) is 14.4 Å². The Morgan fingerprint density at radius 2 is 1.91 bits per heavy atom. The molecule has 0 bridgehead atoms. The first-order chi connectivity index (χ1) is 11.0. The number of benzene rings is 1. The molecule has 0 heterocycles. The summed E-state index contributed by atoms with van der Waals surface area (Å²) in [5.74, 6) is -1.95. The van der Waals surface area contributed by atoms with Crippen molar-refractivity contribution in [3.05, 3.63) is 35.9 Å². The molecular weight excluding hydrogens is 298 g/mol. The Morgan fingerprint density at radius 3 is 2.48 bits per heavy atom. The van der Waals surface area contributed by atoms with Gasteiger partial charge in [-0.05, 0) is 12.1 Å². The minimum Gasteiger partial charge on any atom is -0.467 e. The third-order valence-electron chi connectivity index (χ3n) is 3.20.